The van der Waals surface area contributed by atoms with Crippen LogP contribution in [0.2, 0.25) is 0 Å². The molecule has 4 atom stereocenters. The fourth-order valence-corrected chi connectivity index (χ4v) is 2.66. The molecule has 126 valence electrons. The summed E-state index contributed by atoms with van der Waals surface area (Å²) in [5, 5.41) is 29.0. The van der Waals surface area contributed by atoms with E-state index in [1.165, 1.54) is 7.05 Å². The van der Waals surface area contributed by atoms with Gasteiger partial charge >= 0.3 is 5.69 Å². The number of anilines is 1. The van der Waals surface area contributed by atoms with Crippen LogP contribution >= 0.6 is 0 Å². The highest BCUT2D eigenvalue weighted by Crippen LogP contribution is 2.29. The van der Waals surface area contributed by atoms with Crippen LogP contribution in [0.5, 0.6) is 0 Å². The molecule has 7 N–H and O–H groups in total. The summed E-state index contributed by atoms with van der Waals surface area (Å²) in [5.74, 6) is 5.12. The monoisotopic (exact) mass is 328 g/mol. The Labute approximate surface area is 127 Å². The molecule has 0 radical (unpaired) electrons. The summed E-state index contributed by atoms with van der Waals surface area (Å²) in [5.41, 5.74) is 3.79. The molecule has 0 bridgehead atoms. The Balaban J connectivity index is 2.30. The quantitative estimate of drug-likeness (QED) is 0.341. The lowest BCUT2D eigenvalue weighted by Crippen LogP contribution is -2.35. The van der Waals surface area contributed by atoms with E-state index in [0.29, 0.717) is 4.68 Å². The Bertz CT molecular complexity index is 884. The third kappa shape index (κ3) is 1.96. The van der Waals surface area contributed by atoms with Gasteiger partial charge in [0, 0.05) is 7.05 Å². The second-order valence-corrected chi connectivity index (χ2v) is 5.26. The van der Waals surface area contributed by atoms with Crippen LogP contribution in [0.25, 0.3) is 11.2 Å². The van der Waals surface area contributed by atoms with E-state index < -0.39 is 42.4 Å². The molecule has 0 spiro atoms. The number of hydrogen-bond acceptors (Lipinski definition) is 9. The summed E-state index contributed by atoms with van der Waals surface area (Å²) in [7, 11) is 1.32. The topological polar surface area (TPSA) is 184 Å². The van der Waals surface area contributed by atoms with Crippen molar-refractivity contribution in [1.29, 1.82) is 0 Å². The standard InChI is InChI=1S/C11H16N6O6/c1-15-4-7(14-10(12)17(13)8(4)21)16(11(15)22)9-6(20)5(19)3(2-18)23-9/h3,5-6,9,18-20H,2,13H2,1H3,(H2,12,14). The van der Waals surface area contributed by atoms with E-state index >= 15 is 0 Å². The molecule has 1 fully saturated rings. The number of aliphatic hydroxyl groups is 3. The number of rotatable bonds is 2. The number of nitrogens with two attached hydrogens (primary N) is 2. The van der Waals surface area contributed by atoms with Crippen LogP contribution in [-0.2, 0) is 11.8 Å². The van der Waals surface area contributed by atoms with Gasteiger partial charge < -0.3 is 31.6 Å². The van der Waals surface area contributed by atoms with Crippen molar-refractivity contribution in [2.24, 2.45) is 7.05 Å². The van der Waals surface area contributed by atoms with Crippen LogP contribution in [0.1, 0.15) is 6.23 Å². The molecule has 0 amide bonds. The number of nitrogens with zero attached hydrogens (tertiary/aromatic N) is 4. The zero-order valence-corrected chi connectivity index (χ0v) is 12.0. The number of aliphatic hydroxyl groups excluding tert-OH is 3. The maximum atomic E-state index is 12.4. The first kappa shape index (κ1) is 15.5. The SMILES string of the molecule is Cn1c(=O)n(C2OC(CO)C(O)C2O)c2nc(N)n(N)c(=O)c21. The highest BCUT2D eigenvalue weighted by atomic mass is 16.6. The molecule has 0 aromatic carbocycles. The van der Waals surface area contributed by atoms with Crippen LogP contribution in [0.15, 0.2) is 9.59 Å². The molecule has 12 heteroatoms. The Kier molecular flexibility index (Phi) is 3.40. The number of hydrogen-bond donors (Lipinski definition) is 5. The molecular formula is C11H16N6O6. The molecule has 2 aromatic rings. The predicted octanol–water partition coefficient (Wildman–Crippen LogP) is -4.20. The second kappa shape index (κ2) is 5.06. The lowest BCUT2D eigenvalue weighted by atomic mass is 10.1. The summed E-state index contributed by atoms with van der Waals surface area (Å²) >= 11 is 0. The largest absolute Gasteiger partial charge is 0.394 e. The summed E-state index contributed by atoms with van der Waals surface area (Å²) in [6, 6.07) is 0. The van der Waals surface area contributed by atoms with Gasteiger partial charge in [0.15, 0.2) is 17.4 Å². The van der Waals surface area contributed by atoms with Gasteiger partial charge in [-0.1, -0.05) is 0 Å². The Hall–Kier alpha value is -2.41. The first-order valence-corrected chi connectivity index (χ1v) is 6.66. The van der Waals surface area contributed by atoms with E-state index in [1.54, 1.807) is 0 Å². The van der Waals surface area contributed by atoms with E-state index in [1.807, 2.05) is 0 Å². The maximum absolute atomic E-state index is 12.4. The van der Waals surface area contributed by atoms with Gasteiger partial charge in [0.05, 0.1) is 6.61 Å². The molecule has 23 heavy (non-hydrogen) atoms. The molecule has 1 aliphatic heterocycles. The van der Waals surface area contributed by atoms with Crippen molar-refractivity contribution in [3.05, 3.63) is 20.8 Å². The molecule has 3 rings (SSSR count). The number of aryl methyl sites for hydroxylation is 1. The van der Waals surface area contributed by atoms with E-state index in [0.717, 1.165) is 9.13 Å². The summed E-state index contributed by atoms with van der Waals surface area (Å²) in [6.07, 6.45) is -5.32. The molecule has 1 saturated heterocycles. The first-order valence-electron chi connectivity index (χ1n) is 6.66. The van der Waals surface area contributed by atoms with Gasteiger partial charge in [-0.15, -0.1) is 0 Å². The van der Waals surface area contributed by atoms with Crippen LogP contribution in [0.3, 0.4) is 0 Å². The van der Waals surface area contributed by atoms with E-state index in [-0.39, 0.29) is 17.1 Å². The highest BCUT2D eigenvalue weighted by Gasteiger charge is 2.45. The minimum absolute atomic E-state index is 0.135. The Morgan fingerprint density at radius 1 is 1.30 bits per heavy atom. The van der Waals surface area contributed by atoms with Crippen LogP contribution in [-0.4, -0.2) is 59.0 Å². The average Bonchev–Trinajstić information content (AvgIpc) is 2.93. The number of fused-ring (bicyclic) bond motifs is 1. The molecule has 3 heterocycles. The lowest BCUT2D eigenvalue weighted by molar-refractivity contribution is -0.0527. The molecule has 2 aromatic heterocycles. The summed E-state index contributed by atoms with van der Waals surface area (Å²) < 4.78 is 7.79. The second-order valence-electron chi connectivity index (χ2n) is 5.26. The number of ether oxygens (including phenoxy) is 1. The average molecular weight is 328 g/mol. The van der Waals surface area contributed by atoms with E-state index in [4.69, 9.17) is 21.4 Å². The Morgan fingerprint density at radius 3 is 2.52 bits per heavy atom. The molecule has 1 aliphatic rings. The van der Waals surface area contributed by atoms with E-state index in [9.17, 15) is 19.8 Å². The number of aromatic nitrogens is 4. The zero-order valence-electron chi connectivity index (χ0n) is 12.0. The van der Waals surface area contributed by atoms with Crippen LogP contribution in [0, 0.1) is 0 Å². The fraction of sp³-hybridized carbons (Fsp3) is 0.545. The van der Waals surface area contributed by atoms with Crippen molar-refractivity contribution < 1.29 is 20.1 Å². The highest BCUT2D eigenvalue weighted by molar-refractivity contribution is 5.72. The third-order valence-electron chi connectivity index (χ3n) is 3.93. The van der Waals surface area contributed by atoms with Gasteiger partial charge in [-0.25, -0.2) is 9.36 Å². The normalized spacial score (nSPS) is 27.8. The van der Waals surface area contributed by atoms with Gasteiger partial charge in [0.25, 0.3) is 5.56 Å². The fourth-order valence-electron chi connectivity index (χ4n) is 2.66. The van der Waals surface area contributed by atoms with Crippen molar-refractivity contribution in [2.75, 3.05) is 18.2 Å². The lowest BCUT2D eigenvalue weighted by Gasteiger charge is -2.15. The van der Waals surface area contributed by atoms with Crippen molar-refractivity contribution in [2.45, 2.75) is 24.5 Å². The van der Waals surface area contributed by atoms with Gasteiger partial charge in [0.2, 0.25) is 5.95 Å². The van der Waals surface area contributed by atoms with Crippen LogP contribution < -0.4 is 22.8 Å². The minimum atomic E-state index is -1.50. The van der Waals surface area contributed by atoms with Gasteiger partial charge in [-0.3, -0.25) is 9.36 Å². The molecule has 0 aliphatic carbocycles. The number of nitrogen functional groups attached to an aromatic ring is 2. The minimum Gasteiger partial charge on any atom is -0.394 e. The Morgan fingerprint density at radius 2 is 1.96 bits per heavy atom. The van der Waals surface area contributed by atoms with Crippen molar-refractivity contribution in [3.63, 3.8) is 0 Å². The number of imidazole rings is 1. The van der Waals surface area contributed by atoms with Crippen LogP contribution in [0.4, 0.5) is 5.95 Å². The zero-order chi connectivity index (χ0) is 17.0. The van der Waals surface area contributed by atoms with Gasteiger partial charge in [0.1, 0.15) is 18.3 Å². The first-order chi connectivity index (χ1) is 10.8. The van der Waals surface area contributed by atoms with Crippen molar-refractivity contribution >= 4 is 17.1 Å². The summed E-state index contributed by atoms with van der Waals surface area (Å²) in [4.78, 5) is 28.5. The molecular weight excluding hydrogens is 312 g/mol. The van der Waals surface area contributed by atoms with E-state index in [2.05, 4.69) is 4.98 Å². The van der Waals surface area contributed by atoms with Gasteiger partial charge in [-0.05, 0) is 0 Å². The summed E-state index contributed by atoms with van der Waals surface area (Å²) in [6.45, 7) is -0.556. The predicted molar refractivity (Wildman–Crippen MR) is 76.8 cm³/mol. The third-order valence-corrected chi connectivity index (χ3v) is 3.93. The molecule has 12 nitrogen and oxygen atoms in total. The molecule has 0 saturated carbocycles. The smallest absolute Gasteiger partial charge is 0.332 e. The van der Waals surface area contributed by atoms with Crippen molar-refractivity contribution in [1.82, 2.24) is 18.8 Å². The maximum Gasteiger partial charge on any atom is 0.332 e. The van der Waals surface area contributed by atoms with Crippen molar-refractivity contribution in [3.8, 4) is 0 Å². The van der Waals surface area contributed by atoms with Gasteiger partial charge in [-0.2, -0.15) is 9.66 Å². The molecule has 4 unspecified atom stereocenters.